The van der Waals surface area contributed by atoms with E-state index in [-0.39, 0.29) is 0 Å². The Bertz CT molecular complexity index is 2940. The molecule has 64 heavy (non-hydrogen) atoms. The van der Waals surface area contributed by atoms with Gasteiger partial charge in [0, 0.05) is 44.0 Å². The Hall–Kier alpha value is -6.86. The fourth-order valence-corrected chi connectivity index (χ4v) is 9.21. The van der Waals surface area contributed by atoms with Gasteiger partial charge in [0.2, 0.25) is 0 Å². The normalized spacial score (nSPS) is 16.2. The first-order chi connectivity index (χ1) is 31.5. The standard InChI is InChI=1S/C57H57N7/c1-4-6-7-14-40-21-23-41(24-22-40)42-25-27-43(28-26-42)44-29-31-45(32-30-44)59-60-53-35-36-55(49-18-11-10-17-48(49)53)63-64-57-38-37-56(50-19-12-13-20-51(50)57)62-61-54-34-33-52(58-39(3)5-2)46-15-8-9-16-47(46)54/h8-13,15-20,25-41,58H,4-7,14,21-24H2,1-3H3. The maximum Gasteiger partial charge on any atom is 0.0936 e. The molecular formula is C57H57N7. The molecule has 1 fully saturated rings. The van der Waals surface area contributed by atoms with E-state index in [9.17, 15) is 0 Å². The molecule has 1 aliphatic carbocycles. The number of rotatable bonds is 15. The molecule has 7 nitrogen and oxygen atoms in total. The molecule has 0 bridgehead atoms. The lowest BCUT2D eigenvalue weighted by Crippen LogP contribution is -2.13. The van der Waals surface area contributed by atoms with E-state index in [0.717, 1.165) is 84.5 Å². The third-order valence-electron chi connectivity index (χ3n) is 13.1. The lowest BCUT2D eigenvalue weighted by molar-refractivity contribution is 0.303. The second-order valence-corrected chi connectivity index (χ2v) is 17.4. The largest absolute Gasteiger partial charge is 0.382 e. The Balaban J connectivity index is 0.887. The van der Waals surface area contributed by atoms with Gasteiger partial charge in [-0.05, 0) is 116 Å². The molecule has 0 saturated heterocycles. The quantitative estimate of drug-likeness (QED) is 0.0809. The van der Waals surface area contributed by atoms with Gasteiger partial charge in [-0.15, -0.1) is 25.6 Å². The van der Waals surface area contributed by atoms with Crippen molar-refractivity contribution in [3.05, 3.63) is 163 Å². The van der Waals surface area contributed by atoms with Crippen molar-refractivity contribution in [3.8, 4) is 11.1 Å². The fraction of sp³-hybridized carbons (Fsp3) is 0.263. The Labute approximate surface area is 377 Å². The lowest BCUT2D eigenvalue weighted by atomic mass is 9.77. The number of hydrogen-bond donors (Lipinski definition) is 1. The van der Waals surface area contributed by atoms with Gasteiger partial charge in [0.05, 0.1) is 34.1 Å². The van der Waals surface area contributed by atoms with Gasteiger partial charge in [-0.2, -0.15) is 5.11 Å². The summed E-state index contributed by atoms with van der Waals surface area (Å²) in [5.74, 6) is 1.63. The van der Waals surface area contributed by atoms with Crippen LogP contribution in [0.3, 0.4) is 0 Å². The van der Waals surface area contributed by atoms with E-state index >= 15 is 0 Å². The summed E-state index contributed by atoms with van der Waals surface area (Å²) >= 11 is 0. The zero-order valence-electron chi connectivity index (χ0n) is 37.3. The molecule has 0 radical (unpaired) electrons. The summed E-state index contributed by atoms with van der Waals surface area (Å²) in [5.41, 5.74) is 9.69. The van der Waals surface area contributed by atoms with Gasteiger partial charge >= 0.3 is 0 Å². The van der Waals surface area contributed by atoms with Gasteiger partial charge in [-0.3, -0.25) is 0 Å². The van der Waals surface area contributed by atoms with Crippen LogP contribution in [0.5, 0.6) is 0 Å². The highest BCUT2D eigenvalue weighted by atomic mass is 15.1. The lowest BCUT2D eigenvalue weighted by Gasteiger charge is -2.29. The van der Waals surface area contributed by atoms with Gasteiger partial charge < -0.3 is 5.32 Å². The van der Waals surface area contributed by atoms with Crippen LogP contribution in [0, 0.1) is 5.92 Å². The van der Waals surface area contributed by atoms with Crippen molar-refractivity contribution < 1.29 is 0 Å². The van der Waals surface area contributed by atoms with Gasteiger partial charge in [-0.1, -0.05) is 149 Å². The summed E-state index contributed by atoms with van der Waals surface area (Å²) in [6.07, 6.45) is 12.0. The van der Waals surface area contributed by atoms with Crippen LogP contribution in [0.4, 0.5) is 39.8 Å². The molecular weight excluding hydrogens is 783 g/mol. The molecule has 320 valence electrons. The molecule has 0 amide bonds. The molecule has 0 aliphatic heterocycles. The summed E-state index contributed by atoms with van der Waals surface area (Å²) in [4.78, 5) is 0. The average molecular weight is 840 g/mol. The number of hydrogen-bond acceptors (Lipinski definition) is 7. The zero-order valence-corrected chi connectivity index (χ0v) is 37.3. The van der Waals surface area contributed by atoms with Crippen LogP contribution >= 0.6 is 0 Å². The number of nitrogens with one attached hydrogen (secondary N) is 1. The monoisotopic (exact) mass is 839 g/mol. The minimum absolute atomic E-state index is 0.371. The van der Waals surface area contributed by atoms with E-state index in [2.05, 4.69) is 116 Å². The maximum atomic E-state index is 4.79. The van der Waals surface area contributed by atoms with Crippen molar-refractivity contribution >= 4 is 72.1 Å². The molecule has 1 atom stereocenters. The molecule has 9 rings (SSSR count). The van der Waals surface area contributed by atoms with Crippen LogP contribution < -0.4 is 5.32 Å². The summed E-state index contributed by atoms with van der Waals surface area (Å²) < 4.78 is 0. The minimum atomic E-state index is 0.371. The number of unbranched alkanes of at least 4 members (excludes halogenated alkanes) is 2. The van der Waals surface area contributed by atoms with E-state index in [1.165, 1.54) is 68.1 Å². The van der Waals surface area contributed by atoms with Crippen molar-refractivity contribution in [2.75, 3.05) is 5.32 Å². The molecule has 1 N–H and O–H groups in total. The summed E-state index contributed by atoms with van der Waals surface area (Å²) in [6, 6.07) is 54.6. The van der Waals surface area contributed by atoms with Crippen LogP contribution in [0.2, 0.25) is 0 Å². The zero-order chi connectivity index (χ0) is 43.7. The minimum Gasteiger partial charge on any atom is -0.382 e. The van der Waals surface area contributed by atoms with E-state index in [1.54, 1.807) is 0 Å². The first kappa shape index (κ1) is 42.4. The molecule has 0 spiro atoms. The average Bonchev–Trinajstić information content (AvgIpc) is 3.35. The van der Waals surface area contributed by atoms with Gasteiger partial charge in [-0.25, -0.2) is 0 Å². The summed E-state index contributed by atoms with van der Waals surface area (Å²) in [5, 5.41) is 38.1. The van der Waals surface area contributed by atoms with Crippen LogP contribution in [0.25, 0.3) is 43.4 Å². The topological polar surface area (TPSA) is 86.2 Å². The first-order valence-corrected chi connectivity index (χ1v) is 23.3. The van der Waals surface area contributed by atoms with Crippen molar-refractivity contribution in [2.45, 2.75) is 90.5 Å². The van der Waals surface area contributed by atoms with Crippen LogP contribution in [0.1, 0.15) is 90.0 Å². The molecule has 1 aliphatic rings. The van der Waals surface area contributed by atoms with Gasteiger partial charge in [0.15, 0.2) is 0 Å². The second kappa shape index (κ2) is 20.1. The smallest absolute Gasteiger partial charge is 0.0936 e. The Morgan fingerprint density at radius 1 is 0.453 bits per heavy atom. The first-order valence-electron chi connectivity index (χ1n) is 23.3. The van der Waals surface area contributed by atoms with Crippen LogP contribution in [-0.2, 0) is 0 Å². The van der Waals surface area contributed by atoms with E-state index < -0.39 is 0 Å². The highest BCUT2D eigenvalue weighted by Gasteiger charge is 2.22. The predicted molar refractivity (Wildman–Crippen MR) is 268 cm³/mol. The SMILES string of the molecule is CCCCCC1CCC(c2ccc(-c3ccc(N=Nc4ccc(N=Nc5ccc(N=Nc6ccc(NC(C)CC)c7ccccc67)c6ccccc56)c5ccccc45)cc3)cc2)CC1. The Morgan fingerprint density at radius 3 is 1.34 bits per heavy atom. The van der Waals surface area contributed by atoms with Gasteiger partial charge in [0.1, 0.15) is 0 Å². The summed E-state index contributed by atoms with van der Waals surface area (Å²) in [6.45, 7) is 6.68. The van der Waals surface area contributed by atoms with Crippen LogP contribution in [0.15, 0.2) is 188 Å². The van der Waals surface area contributed by atoms with Gasteiger partial charge in [0.25, 0.3) is 0 Å². The summed E-state index contributed by atoms with van der Waals surface area (Å²) in [7, 11) is 0. The van der Waals surface area contributed by atoms with Crippen molar-refractivity contribution in [2.24, 2.45) is 36.6 Å². The van der Waals surface area contributed by atoms with E-state index in [0.29, 0.717) is 12.0 Å². The molecule has 8 aromatic carbocycles. The molecule has 0 heterocycles. The molecule has 8 aromatic rings. The van der Waals surface area contributed by atoms with Crippen molar-refractivity contribution in [3.63, 3.8) is 0 Å². The Kier molecular flexibility index (Phi) is 13.3. The van der Waals surface area contributed by atoms with Crippen molar-refractivity contribution in [1.29, 1.82) is 0 Å². The number of anilines is 1. The molecule has 7 heteroatoms. The number of fused-ring (bicyclic) bond motifs is 3. The highest BCUT2D eigenvalue weighted by molar-refractivity contribution is 6.02. The van der Waals surface area contributed by atoms with Crippen molar-refractivity contribution in [1.82, 2.24) is 0 Å². The fourth-order valence-electron chi connectivity index (χ4n) is 9.21. The molecule has 1 saturated carbocycles. The third-order valence-corrected chi connectivity index (χ3v) is 13.1. The predicted octanol–water partition coefficient (Wildman–Crippen LogP) is 19.1. The second-order valence-electron chi connectivity index (χ2n) is 17.4. The Morgan fingerprint density at radius 2 is 0.875 bits per heavy atom. The third kappa shape index (κ3) is 9.69. The van der Waals surface area contributed by atoms with E-state index in [1.807, 2.05) is 72.8 Å². The number of benzene rings is 8. The molecule has 0 aromatic heterocycles. The number of nitrogens with zero attached hydrogens (tertiary/aromatic N) is 6. The van der Waals surface area contributed by atoms with E-state index in [4.69, 9.17) is 25.6 Å². The molecule has 1 unspecified atom stereocenters. The number of azo groups is 3. The maximum absolute atomic E-state index is 4.79. The highest BCUT2D eigenvalue weighted by Crippen LogP contribution is 2.41. The van der Waals surface area contributed by atoms with Crippen LogP contribution in [-0.4, -0.2) is 6.04 Å².